The number of amides is 2. The molecule has 10 heteroatoms. The first-order chi connectivity index (χ1) is 15.9. The van der Waals surface area contributed by atoms with E-state index in [4.69, 9.17) is 4.74 Å². The number of methoxy groups -OCH3 is 1. The van der Waals surface area contributed by atoms with Crippen molar-refractivity contribution in [1.82, 2.24) is 25.0 Å². The predicted molar refractivity (Wildman–Crippen MR) is 116 cm³/mol. The van der Waals surface area contributed by atoms with E-state index in [1.54, 1.807) is 23.2 Å². The molecule has 1 aliphatic heterocycles. The molecule has 2 aromatic heterocycles. The van der Waals surface area contributed by atoms with Crippen LogP contribution in [0.2, 0.25) is 0 Å². The van der Waals surface area contributed by atoms with Gasteiger partial charge in [0.15, 0.2) is 11.4 Å². The summed E-state index contributed by atoms with van der Waals surface area (Å²) in [6, 6.07) is 2.95. The Kier molecular flexibility index (Phi) is 5.38. The van der Waals surface area contributed by atoms with Crippen LogP contribution in [-0.2, 0) is 25.7 Å². The molecule has 3 aliphatic rings. The smallest absolute Gasteiger partial charge is 0.308 e. The molecule has 174 valence electrons. The van der Waals surface area contributed by atoms with Crippen molar-refractivity contribution in [2.45, 2.75) is 63.7 Å². The van der Waals surface area contributed by atoms with Crippen LogP contribution in [0.5, 0.6) is 0 Å². The summed E-state index contributed by atoms with van der Waals surface area (Å²) in [5.74, 6) is -0.650. The first-order valence-corrected chi connectivity index (χ1v) is 11.4. The number of likely N-dealkylation sites (tertiary alicyclic amines) is 1. The number of rotatable bonds is 6. The molecule has 0 bridgehead atoms. The van der Waals surface area contributed by atoms with Crippen molar-refractivity contribution < 1.29 is 23.9 Å². The van der Waals surface area contributed by atoms with Crippen LogP contribution in [0.1, 0.15) is 49.5 Å². The number of ketones is 1. The number of esters is 1. The van der Waals surface area contributed by atoms with E-state index in [0.717, 1.165) is 12.8 Å². The van der Waals surface area contributed by atoms with Crippen LogP contribution in [-0.4, -0.2) is 68.5 Å². The fourth-order valence-corrected chi connectivity index (χ4v) is 5.43. The third-order valence-electron chi connectivity index (χ3n) is 7.13. The number of piperidine rings is 1. The molecule has 0 unspecified atom stereocenters. The lowest BCUT2D eigenvalue weighted by atomic mass is 10.1. The zero-order valence-electron chi connectivity index (χ0n) is 18.7. The van der Waals surface area contributed by atoms with Crippen molar-refractivity contribution in [3.8, 4) is 0 Å². The molecule has 10 nitrogen and oxygen atoms in total. The van der Waals surface area contributed by atoms with Gasteiger partial charge in [0.2, 0.25) is 11.8 Å². The van der Waals surface area contributed by atoms with E-state index in [1.807, 2.05) is 0 Å². The minimum absolute atomic E-state index is 0.0710. The minimum Gasteiger partial charge on any atom is -0.469 e. The minimum atomic E-state index is -0.527. The maximum Gasteiger partial charge on any atom is 0.308 e. The number of nitrogens with zero attached hydrogens (tertiary/aromatic N) is 4. The van der Waals surface area contributed by atoms with Crippen molar-refractivity contribution in [1.29, 1.82) is 0 Å². The number of carbonyl (C=O) groups is 4. The summed E-state index contributed by atoms with van der Waals surface area (Å²) in [5, 5.41) is 8.00. The van der Waals surface area contributed by atoms with E-state index >= 15 is 0 Å². The Balaban J connectivity index is 1.29. The van der Waals surface area contributed by atoms with E-state index in [0.29, 0.717) is 36.2 Å². The summed E-state index contributed by atoms with van der Waals surface area (Å²) in [6.07, 6.45) is 5.12. The maximum absolute atomic E-state index is 13.3. The molecule has 3 heterocycles. The third kappa shape index (κ3) is 3.87. The van der Waals surface area contributed by atoms with Gasteiger partial charge >= 0.3 is 5.97 Å². The van der Waals surface area contributed by atoms with Gasteiger partial charge in [-0.25, -0.2) is 9.67 Å². The van der Waals surface area contributed by atoms with E-state index in [2.05, 4.69) is 15.4 Å². The average Bonchev–Trinajstić information content (AvgIpc) is 3.15. The SMILES string of the molecule is COC(=O)[C@@H]1CC[C@@H](NC(=O)[C@@H]2C[C@@H]3C[C@H]3N2C(=O)Cn2nc(C(C)=O)c3cccnc32)C1. The highest BCUT2D eigenvalue weighted by Gasteiger charge is 2.56. The summed E-state index contributed by atoms with van der Waals surface area (Å²) in [5.41, 5.74) is 0.760. The number of ether oxygens (including phenoxy) is 1. The van der Waals surface area contributed by atoms with E-state index < -0.39 is 6.04 Å². The Bertz CT molecular complexity index is 1140. The summed E-state index contributed by atoms with van der Waals surface area (Å²) in [6.45, 7) is 1.35. The van der Waals surface area contributed by atoms with Gasteiger partial charge in [-0.05, 0) is 50.2 Å². The summed E-state index contributed by atoms with van der Waals surface area (Å²) in [7, 11) is 1.38. The number of Topliss-reactive ketones (excluding diaryl/α,β-unsaturated/α-hetero) is 1. The number of nitrogens with one attached hydrogen (secondary N) is 1. The van der Waals surface area contributed by atoms with Gasteiger partial charge in [0.25, 0.3) is 0 Å². The fourth-order valence-electron chi connectivity index (χ4n) is 5.43. The van der Waals surface area contributed by atoms with Gasteiger partial charge in [0.05, 0.1) is 18.4 Å². The highest BCUT2D eigenvalue weighted by Crippen LogP contribution is 2.48. The average molecular weight is 453 g/mol. The lowest BCUT2D eigenvalue weighted by Crippen LogP contribution is -2.50. The van der Waals surface area contributed by atoms with E-state index in [9.17, 15) is 19.2 Å². The fraction of sp³-hybridized carbons (Fsp3) is 0.565. The topological polar surface area (TPSA) is 123 Å². The standard InChI is InChI=1S/C23H27N5O5/c1-12(29)20-16-4-3-7-24-21(16)27(26-20)11-19(30)28-17-9-14(17)10-18(28)22(31)25-15-6-5-13(8-15)23(32)33-2/h3-4,7,13-15,17-18H,5-6,8-11H2,1-2H3,(H,25,31)/t13-,14+,15-,17-,18+/m1/s1. The first-order valence-electron chi connectivity index (χ1n) is 11.4. The van der Waals surface area contributed by atoms with Crippen LogP contribution >= 0.6 is 0 Å². The molecule has 2 aromatic rings. The lowest BCUT2D eigenvalue weighted by molar-refractivity contribution is -0.145. The number of aromatic nitrogens is 3. The molecule has 1 saturated heterocycles. The van der Waals surface area contributed by atoms with Crippen LogP contribution < -0.4 is 5.32 Å². The molecule has 2 amide bonds. The Hall–Kier alpha value is -3.30. The Morgan fingerprint density at radius 2 is 2.00 bits per heavy atom. The second-order valence-corrected chi connectivity index (χ2v) is 9.29. The van der Waals surface area contributed by atoms with Crippen molar-refractivity contribution in [2.24, 2.45) is 11.8 Å². The van der Waals surface area contributed by atoms with E-state index in [1.165, 1.54) is 18.7 Å². The molecule has 0 spiro atoms. The zero-order valence-corrected chi connectivity index (χ0v) is 18.7. The Morgan fingerprint density at radius 1 is 1.18 bits per heavy atom. The lowest BCUT2D eigenvalue weighted by Gasteiger charge is -2.28. The van der Waals surface area contributed by atoms with Gasteiger partial charge in [0, 0.05) is 25.2 Å². The van der Waals surface area contributed by atoms with Crippen molar-refractivity contribution in [3.63, 3.8) is 0 Å². The molecule has 0 aromatic carbocycles. The molecule has 33 heavy (non-hydrogen) atoms. The number of carbonyl (C=O) groups excluding carboxylic acids is 4. The summed E-state index contributed by atoms with van der Waals surface area (Å²) >= 11 is 0. The molecule has 5 atom stereocenters. The van der Waals surface area contributed by atoms with Gasteiger partial charge in [-0.1, -0.05) is 0 Å². The summed E-state index contributed by atoms with van der Waals surface area (Å²) < 4.78 is 6.28. The predicted octanol–water partition coefficient (Wildman–Crippen LogP) is 1.08. The van der Waals surface area contributed by atoms with Gasteiger partial charge in [-0.15, -0.1) is 0 Å². The number of hydrogen-bond acceptors (Lipinski definition) is 7. The third-order valence-corrected chi connectivity index (χ3v) is 7.13. The van der Waals surface area contributed by atoms with Crippen LogP contribution in [0, 0.1) is 11.8 Å². The zero-order chi connectivity index (χ0) is 23.3. The molecule has 5 rings (SSSR count). The number of fused-ring (bicyclic) bond motifs is 2. The summed E-state index contributed by atoms with van der Waals surface area (Å²) in [4.78, 5) is 56.2. The van der Waals surface area contributed by atoms with Gasteiger partial charge in [-0.3, -0.25) is 19.2 Å². The molecule has 2 aliphatic carbocycles. The molecule has 1 N–H and O–H groups in total. The quantitative estimate of drug-likeness (QED) is 0.513. The molecular weight excluding hydrogens is 426 g/mol. The van der Waals surface area contributed by atoms with Gasteiger partial charge in [-0.2, -0.15) is 5.10 Å². The first kappa shape index (κ1) is 21.5. The molecular formula is C23H27N5O5. The highest BCUT2D eigenvalue weighted by atomic mass is 16.5. The largest absolute Gasteiger partial charge is 0.469 e. The second kappa shape index (κ2) is 8.24. The number of hydrogen-bond donors (Lipinski definition) is 1. The van der Waals surface area contributed by atoms with Gasteiger partial charge < -0.3 is 15.0 Å². The molecule has 3 fully saturated rings. The maximum atomic E-state index is 13.3. The van der Waals surface area contributed by atoms with Crippen molar-refractivity contribution >= 4 is 34.6 Å². The van der Waals surface area contributed by atoms with E-state index in [-0.39, 0.29) is 53.8 Å². The van der Waals surface area contributed by atoms with Crippen molar-refractivity contribution in [2.75, 3.05) is 7.11 Å². The van der Waals surface area contributed by atoms with Crippen LogP contribution in [0.3, 0.4) is 0 Å². The molecule has 2 saturated carbocycles. The van der Waals surface area contributed by atoms with Crippen LogP contribution in [0.4, 0.5) is 0 Å². The second-order valence-electron chi connectivity index (χ2n) is 9.29. The van der Waals surface area contributed by atoms with Gasteiger partial charge in [0.1, 0.15) is 18.3 Å². The molecule has 0 radical (unpaired) electrons. The van der Waals surface area contributed by atoms with Crippen molar-refractivity contribution in [3.05, 3.63) is 24.0 Å². The normalized spacial score (nSPS) is 27.9. The Morgan fingerprint density at radius 3 is 2.76 bits per heavy atom. The van der Waals surface area contributed by atoms with Crippen LogP contribution in [0.25, 0.3) is 11.0 Å². The highest BCUT2D eigenvalue weighted by molar-refractivity contribution is 6.04. The number of pyridine rings is 1. The monoisotopic (exact) mass is 453 g/mol. The van der Waals surface area contributed by atoms with Crippen LogP contribution in [0.15, 0.2) is 18.3 Å². The Labute approximate surface area is 190 Å².